The van der Waals surface area contributed by atoms with Crippen molar-refractivity contribution in [2.24, 2.45) is 35.7 Å². The number of amidine groups is 5. The monoisotopic (exact) mass is 404 g/mol. The zero-order chi connectivity index (χ0) is 22.4. The van der Waals surface area contributed by atoms with Crippen molar-refractivity contribution in [3.05, 3.63) is 27.2 Å². The Bertz CT molecular complexity index is 1160. The summed E-state index contributed by atoms with van der Waals surface area (Å²) in [5.74, 6) is -4.60. The number of hydrogen-bond acceptors (Lipinski definition) is 8. The van der Waals surface area contributed by atoms with Gasteiger partial charge in [-0.05, 0) is 0 Å². The normalized spacial score (nSPS) is 14.1. The molecule has 2 heterocycles. The SMILES string of the molecule is Cn1cnc2c1c(=O)n(C(C(=N)N)(C(=N)N)C(=N)N)c(=O)n2C(C(=N)N)C(=N)N. The minimum Gasteiger partial charge on any atom is -0.385 e. The van der Waals surface area contributed by atoms with Crippen molar-refractivity contribution in [2.45, 2.75) is 11.6 Å². The second-order valence-electron chi connectivity index (χ2n) is 6.09. The lowest BCUT2D eigenvalue weighted by atomic mass is 9.94. The Hall–Kier alpha value is -4.50. The van der Waals surface area contributed by atoms with Gasteiger partial charge in [-0.2, -0.15) is 0 Å². The van der Waals surface area contributed by atoms with E-state index in [1.165, 1.54) is 17.9 Å². The van der Waals surface area contributed by atoms with Gasteiger partial charge in [0.2, 0.25) is 5.54 Å². The fraction of sp³-hybridized carbons (Fsp3) is 0.231. The highest BCUT2D eigenvalue weighted by Crippen LogP contribution is 2.17. The van der Waals surface area contributed by atoms with Gasteiger partial charge in [0.15, 0.2) is 17.2 Å². The molecular formula is C13H20N14O2. The molecule has 0 aliphatic carbocycles. The van der Waals surface area contributed by atoms with Crippen molar-refractivity contribution in [3.8, 4) is 0 Å². The predicted octanol–water partition coefficient (Wildman–Crippen LogP) is -4.19. The van der Waals surface area contributed by atoms with Gasteiger partial charge < -0.3 is 33.2 Å². The Morgan fingerprint density at radius 1 is 0.966 bits per heavy atom. The van der Waals surface area contributed by atoms with E-state index in [4.69, 9.17) is 55.7 Å². The fourth-order valence-corrected chi connectivity index (χ4v) is 3.00. The number of rotatable bonds is 7. The van der Waals surface area contributed by atoms with E-state index in [9.17, 15) is 9.59 Å². The maximum Gasteiger partial charge on any atom is 0.335 e. The Kier molecular flexibility index (Phi) is 4.73. The number of nitrogens with zero attached hydrogens (tertiary/aromatic N) is 4. The van der Waals surface area contributed by atoms with Crippen molar-refractivity contribution in [3.63, 3.8) is 0 Å². The molecule has 2 aromatic rings. The van der Waals surface area contributed by atoms with Crippen molar-refractivity contribution in [2.75, 3.05) is 0 Å². The van der Waals surface area contributed by atoms with Crippen LogP contribution in [0.1, 0.15) is 6.04 Å². The van der Waals surface area contributed by atoms with Crippen LogP contribution < -0.4 is 39.9 Å². The summed E-state index contributed by atoms with van der Waals surface area (Å²) in [5.41, 5.74) is 21.8. The van der Waals surface area contributed by atoms with Gasteiger partial charge in [-0.3, -0.25) is 36.4 Å². The standard InChI is InChI=1S/C13H20N14O2/c1-25-2-24-7-4(25)8(28)27(13(9(18)19,10(20)21)11(22)23)12(29)26(7)3(5(14)15)6(16)17/h2-3H,1H3,(H3,14,15)(H3,16,17)(H3,18,19)(H3,20,21)(H3,22,23). The van der Waals surface area contributed by atoms with E-state index in [2.05, 4.69) is 4.98 Å². The van der Waals surface area contributed by atoms with Crippen LogP contribution in [-0.2, 0) is 12.6 Å². The maximum absolute atomic E-state index is 13.3. The van der Waals surface area contributed by atoms with Crippen LogP contribution in [0.4, 0.5) is 0 Å². The minimum atomic E-state index is -2.73. The number of fused-ring (bicyclic) bond motifs is 1. The van der Waals surface area contributed by atoms with E-state index in [0.717, 1.165) is 0 Å². The summed E-state index contributed by atoms with van der Waals surface area (Å²) in [6.45, 7) is 0. The summed E-state index contributed by atoms with van der Waals surface area (Å²) in [7, 11) is 1.41. The number of aryl methyl sites for hydroxylation is 1. The van der Waals surface area contributed by atoms with Crippen LogP contribution in [0.25, 0.3) is 11.2 Å². The second-order valence-corrected chi connectivity index (χ2v) is 6.09. The predicted molar refractivity (Wildman–Crippen MR) is 106 cm³/mol. The molecule has 16 heteroatoms. The van der Waals surface area contributed by atoms with Crippen LogP contribution in [0.5, 0.6) is 0 Å². The number of imidazole rings is 1. The average Bonchev–Trinajstić information content (AvgIpc) is 2.94. The molecule has 0 radical (unpaired) electrons. The van der Waals surface area contributed by atoms with Crippen LogP contribution >= 0.6 is 0 Å². The first-order valence-electron chi connectivity index (χ1n) is 7.72. The zero-order valence-corrected chi connectivity index (χ0v) is 15.1. The highest BCUT2D eigenvalue weighted by molar-refractivity contribution is 6.26. The Morgan fingerprint density at radius 2 is 1.41 bits per heavy atom. The summed E-state index contributed by atoms with van der Waals surface area (Å²) in [4.78, 5) is 30.4. The summed E-state index contributed by atoms with van der Waals surface area (Å²) < 4.78 is 2.07. The van der Waals surface area contributed by atoms with Gasteiger partial charge in [0.05, 0.1) is 6.33 Å². The van der Waals surface area contributed by atoms with Crippen LogP contribution in [-0.4, -0.2) is 47.9 Å². The lowest BCUT2D eigenvalue weighted by Gasteiger charge is -2.32. The van der Waals surface area contributed by atoms with Gasteiger partial charge in [0.25, 0.3) is 5.56 Å². The molecule has 0 aliphatic heterocycles. The van der Waals surface area contributed by atoms with Crippen LogP contribution in [0.3, 0.4) is 0 Å². The number of nitrogens with two attached hydrogens (primary N) is 5. The molecule has 0 saturated carbocycles. The van der Waals surface area contributed by atoms with E-state index in [-0.39, 0.29) is 15.7 Å². The summed E-state index contributed by atoms with van der Waals surface area (Å²) in [6.07, 6.45) is 1.17. The third-order valence-corrected chi connectivity index (χ3v) is 4.30. The second kappa shape index (κ2) is 6.59. The molecule has 0 aromatic carbocycles. The maximum atomic E-state index is 13.3. The number of nitrogens with one attached hydrogen (secondary N) is 5. The van der Waals surface area contributed by atoms with Gasteiger partial charge in [0.1, 0.15) is 29.2 Å². The molecule has 0 unspecified atom stereocenters. The summed E-state index contributed by atoms with van der Waals surface area (Å²) in [6, 6.07) is -1.66. The first kappa shape index (κ1) is 20.8. The smallest absolute Gasteiger partial charge is 0.335 e. The Morgan fingerprint density at radius 3 is 1.79 bits per heavy atom. The third-order valence-electron chi connectivity index (χ3n) is 4.30. The highest BCUT2D eigenvalue weighted by atomic mass is 16.2. The van der Waals surface area contributed by atoms with Gasteiger partial charge in [-0.15, -0.1) is 0 Å². The summed E-state index contributed by atoms with van der Waals surface area (Å²) in [5, 5.41) is 38.9. The highest BCUT2D eigenvalue weighted by Gasteiger charge is 2.47. The first-order valence-corrected chi connectivity index (χ1v) is 7.72. The molecule has 0 atom stereocenters. The van der Waals surface area contributed by atoms with Gasteiger partial charge in [-0.1, -0.05) is 0 Å². The topological polar surface area (TPSA) is 311 Å². The van der Waals surface area contributed by atoms with Crippen LogP contribution in [0.15, 0.2) is 15.9 Å². The molecule has 0 aliphatic rings. The molecule has 2 aromatic heterocycles. The Labute approximate surface area is 161 Å². The third kappa shape index (κ3) is 2.61. The molecule has 0 spiro atoms. The van der Waals surface area contributed by atoms with Crippen LogP contribution in [0, 0.1) is 27.0 Å². The van der Waals surface area contributed by atoms with E-state index in [1.54, 1.807) is 0 Å². The fourth-order valence-electron chi connectivity index (χ4n) is 3.00. The van der Waals surface area contributed by atoms with Gasteiger partial charge >= 0.3 is 5.69 Å². The van der Waals surface area contributed by atoms with Gasteiger partial charge in [-0.25, -0.2) is 14.3 Å². The first-order chi connectivity index (χ1) is 13.3. The minimum absolute atomic E-state index is 0.225. The lowest BCUT2D eigenvalue weighted by Crippen LogP contribution is -2.69. The molecule has 0 fully saturated rings. The zero-order valence-electron chi connectivity index (χ0n) is 15.1. The molecule has 154 valence electrons. The van der Waals surface area contributed by atoms with Crippen molar-refractivity contribution >= 4 is 40.3 Å². The summed E-state index contributed by atoms with van der Waals surface area (Å²) >= 11 is 0. The van der Waals surface area contributed by atoms with Crippen molar-refractivity contribution in [1.29, 1.82) is 27.0 Å². The molecule has 16 nitrogen and oxygen atoms in total. The van der Waals surface area contributed by atoms with E-state index in [1.807, 2.05) is 0 Å². The number of hydrogen-bond donors (Lipinski definition) is 10. The largest absolute Gasteiger partial charge is 0.385 e. The molecular weight excluding hydrogens is 384 g/mol. The lowest BCUT2D eigenvalue weighted by molar-refractivity contribution is 0.556. The van der Waals surface area contributed by atoms with Crippen LogP contribution in [0.2, 0.25) is 0 Å². The van der Waals surface area contributed by atoms with E-state index < -0.39 is 52.0 Å². The number of aromatic nitrogens is 4. The Balaban J connectivity index is 3.31. The van der Waals surface area contributed by atoms with Gasteiger partial charge in [0, 0.05) is 7.05 Å². The molecule has 2 rings (SSSR count). The molecule has 0 amide bonds. The molecule has 15 N–H and O–H groups in total. The van der Waals surface area contributed by atoms with Crippen molar-refractivity contribution < 1.29 is 0 Å². The molecule has 0 saturated heterocycles. The molecule has 0 bridgehead atoms. The average molecular weight is 404 g/mol. The van der Waals surface area contributed by atoms with E-state index in [0.29, 0.717) is 4.57 Å². The quantitative estimate of drug-likeness (QED) is 0.159. The van der Waals surface area contributed by atoms with Crippen molar-refractivity contribution in [1.82, 2.24) is 18.7 Å². The van der Waals surface area contributed by atoms with E-state index >= 15 is 0 Å². The molecule has 29 heavy (non-hydrogen) atoms.